The van der Waals surface area contributed by atoms with Gasteiger partial charge in [-0.2, -0.15) is 0 Å². The number of nitrogens with zero attached hydrogens (tertiary/aromatic N) is 6. The van der Waals surface area contributed by atoms with Gasteiger partial charge in [0.25, 0.3) is 0 Å². The van der Waals surface area contributed by atoms with Crippen LogP contribution in [0.15, 0.2) is 77.8 Å². The summed E-state index contributed by atoms with van der Waals surface area (Å²) in [4.78, 5) is 44.5. The fraction of sp³-hybridized carbons (Fsp3) is 0.463. The number of fused-ring (bicyclic) bond motifs is 2. The lowest BCUT2D eigenvalue weighted by molar-refractivity contribution is -0.139. The minimum Gasteiger partial charge on any atom is -0.446 e. The monoisotopic (exact) mass is 786 g/mol. The van der Waals surface area contributed by atoms with Gasteiger partial charge in [0.1, 0.15) is 12.1 Å². The normalized spacial score (nSPS) is 19.4. The molecule has 52 heavy (non-hydrogen) atoms. The Bertz CT molecular complexity index is 1790. The number of benzene rings is 2. The quantitative estimate of drug-likeness (QED) is 0.163. The molecule has 274 valence electrons. The summed E-state index contributed by atoms with van der Waals surface area (Å²) in [6, 6.07) is 17.7. The van der Waals surface area contributed by atoms with Crippen molar-refractivity contribution >= 4 is 39.5 Å². The van der Waals surface area contributed by atoms with Gasteiger partial charge in [-0.25, -0.2) is 9.78 Å². The third-order valence-corrected chi connectivity index (χ3v) is 11.5. The van der Waals surface area contributed by atoms with Crippen molar-refractivity contribution in [1.82, 2.24) is 29.2 Å². The molecule has 0 bridgehead atoms. The first-order chi connectivity index (χ1) is 25.3. The fourth-order valence-corrected chi connectivity index (χ4v) is 8.71. The van der Waals surface area contributed by atoms with Gasteiger partial charge in [-0.3, -0.25) is 19.6 Å². The second-order valence-corrected chi connectivity index (χ2v) is 15.8. The van der Waals surface area contributed by atoms with Gasteiger partial charge in [0, 0.05) is 61.2 Å². The number of hydrogen-bond donors (Lipinski definition) is 0. The maximum Gasteiger partial charge on any atom is 0.410 e. The average Bonchev–Trinajstić information content (AvgIpc) is 3.51. The van der Waals surface area contributed by atoms with Crippen LogP contribution in [0, 0.1) is 6.92 Å². The molecule has 1 aliphatic heterocycles. The molecular weight excluding hydrogens is 740 g/mol. The summed E-state index contributed by atoms with van der Waals surface area (Å²) in [5.74, 6) is -0.0445. The second-order valence-electron chi connectivity index (χ2n) is 14.5. The van der Waals surface area contributed by atoms with E-state index < -0.39 is 6.04 Å². The van der Waals surface area contributed by atoms with Crippen LogP contribution < -0.4 is 0 Å². The van der Waals surface area contributed by atoms with Crippen LogP contribution in [0.3, 0.4) is 0 Å². The topological polar surface area (TPSA) is 83.8 Å². The van der Waals surface area contributed by atoms with E-state index in [2.05, 4.69) is 60.7 Å². The first-order valence-corrected chi connectivity index (χ1v) is 19.9. The Labute approximate surface area is 320 Å². The van der Waals surface area contributed by atoms with Crippen molar-refractivity contribution < 1.29 is 14.3 Å². The van der Waals surface area contributed by atoms with E-state index in [0.717, 1.165) is 79.3 Å². The largest absolute Gasteiger partial charge is 0.446 e. The highest BCUT2D eigenvalue weighted by Crippen LogP contribution is 2.39. The van der Waals surface area contributed by atoms with E-state index in [1.54, 1.807) is 4.90 Å². The number of piperazine rings is 1. The molecule has 0 radical (unpaired) electrons. The minimum atomic E-state index is -0.714. The van der Waals surface area contributed by atoms with Crippen molar-refractivity contribution in [3.63, 3.8) is 0 Å². The summed E-state index contributed by atoms with van der Waals surface area (Å²) in [5.41, 5.74) is 6.65. The first-order valence-electron chi connectivity index (χ1n) is 18.8. The molecule has 0 spiro atoms. The third-order valence-electron chi connectivity index (χ3n) is 10.8. The van der Waals surface area contributed by atoms with Crippen molar-refractivity contribution in [3.05, 3.63) is 116 Å². The van der Waals surface area contributed by atoms with Gasteiger partial charge in [-0.05, 0) is 115 Å². The molecule has 2 aromatic carbocycles. The predicted octanol–water partition coefficient (Wildman–Crippen LogP) is 7.81. The number of carbonyl (C=O) groups excluding carboxylic acids is 2. The van der Waals surface area contributed by atoms with Gasteiger partial charge in [0.05, 0.1) is 23.8 Å². The summed E-state index contributed by atoms with van der Waals surface area (Å²) in [7, 11) is 0. The van der Waals surface area contributed by atoms with Crippen LogP contribution in [-0.4, -0.2) is 86.1 Å². The number of hydrogen-bond acceptors (Lipinski definition) is 6. The molecule has 1 saturated heterocycles. The van der Waals surface area contributed by atoms with Crippen molar-refractivity contribution in [3.8, 4) is 0 Å². The number of aryl methyl sites for hydroxylation is 4. The van der Waals surface area contributed by atoms with Crippen LogP contribution in [0.5, 0.6) is 0 Å². The van der Waals surface area contributed by atoms with E-state index in [4.69, 9.17) is 21.3 Å². The van der Waals surface area contributed by atoms with Crippen molar-refractivity contribution in [2.75, 3.05) is 32.7 Å². The van der Waals surface area contributed by atoms with Gasteiger partial charge in [0.2, 0.25) is 5.91 Å². The van der Waals surface area contributed by atoms with Crippen LogP contribution in [0.2, 0.25) is 5.02 Å². The van der Waals surface area contributed by atoms with Crippen LogP contribution in [-0.2, 0) is 35.3 Å². The Morgan fingerprint density at radius 2 is 1.79 bits per heavy atom. The Morgan fingerprint density at radius 1 is 0.981 bits per heavy atom. The molecule has 0 N–H and O–H groups in total. The first kappa shape index (κ1) is 36.6. The van der Waals surface area contributed by atoms with Crippen molar-refractivity contribution in [2.24, 2.45) is 0 Å². The van der Waals surface area contributed by atoms with Gasteiger partial charge in [-0.15, -0.1) is 0 Å². The number of pyridine rings is 1. The molecule has 11 heteroatoms. The summed E-state index contributed by atoms with van der Waals surface area (Å²) in [6.45, 7) is 5.18. The molecule has 3 aliphatic rings. The molecule has 2 amide bonds. The molecule has 4 aromatic rings. The average molecular weight is 788 g/mol. The second kappa shape index (κ2) is 16.9. The fourth-order valence-electron chi connectivity index (χ4n) is 8.13. The number of rotatable bonds is 10. The zero-order valence-electron chi connectivity index (χ0n) is 29.9. The number of amides is 2. The van der Waals surface area contributed by atoms with E-state index in [9.17, 15) is 4.79 Å². The number of halogens is 2. The molecule has 3 heterocycles. The Morgan fingerprint density at radius 3 is 2.58 bits per heavy atom. The number of imidazole rings is 1. The summed E-state index contributed by atoms with van der Waals surface area (Å²) in [6.07, 6.45) is 13.5. The molecule has 9 nitrogen and oxygen atoms in total. The molecular formula is C41H48BrClN6O3. The lowest BCUT2D eigenvalue weighted by atomic mass is 9.95. The SMILES string of the molecule is Cc1cn(CCCN(CCc2ccccc2)C(=O)[C@H]2CN(C3c4ccc(Cl)cc4CCc4cc(Br)cnc43)CCN2C(=O)OC2CCCCC2)cn1. The van der Waals surface area contributed by atoms with Crippen LogP contribution in [0.25, 0.3) is 0 Å². The number of aromatic nitrogens is 3. The highest BCUT2D eigenvalue weighted by Gasteiger charge is 2.43. The standard InChI is InChI=1S/C41H48BrClN6O3/c1-29-26-46(28-45-29)18-8-19-47(20-17-30-9-4-2-5-10-30)40(50)37-27-48(21-22-49(37)41(51)52-35-11-6-3-7-12-35)39-36-16-15-34(43)24-31(36)13-14-32-23-33(42)25-44-38(32)39/h2,4-5,9-10,15-16,23-26,28,35,37,39H,3,6-8,11-14,17-22,27H2,1H3/t37-,39?/m1/s1. The predicted molar refractivity (Wildman–Crippen MR) is 206 cm³/mol. The highest BCUT2D eigenvalue weighted by molar-refractivity contribution is 9.10. The van der Waals surface area contributed by atoms with Crippen molar-refractivity contribution in [2.45, 2.75) is 89.4 Å². The van der Waals surface area contributed by atoms with Crippen LogP contribution >= 0.6 is 27.5 Å². The van der Waals surface area contributed by atoms with Gasteiger partial charge >= 0.3 is 6.09 Å². The van der Waals surface area contributed by atoms with Crippen LogP contribution in [0.1, 0.15) is 78.2 Å². The van der Waals surface area contributed by atoms with Gasteiger partial charge in [0.15, 0.2) is 0 Å². The van der Waals surface area contributed by atoms with Gasteiger partial charge < -0.3 is 14.2 Å². The molecule has 2 atom stereocenters. The summed E-state index contributed by atoms with van der Waals surface area (Å²) >= 11 is 10.2. The summed E-state index contributed by atoms with van der Waals surface area (Å²) in [5, 5.41) is 0.709. The summed E-state index contributed by atoms with van der Waals surface area (Å²) < 4.78 is 9.17. The number of carbonyl (C=O) groups is 2. The maximum atomic E-state index is 15.0. The molecule has 1 unspecified atom stereocenters. The van der Waals surface area contributed by atoms with E-state index in [1.807, 2.05) is 54.8 Å². The third kappa shape index (κ3) is 8.72. The Hall–Kier alpha value is -3.73. The van der Waals surface area contributed by atoms with E-state index in [1.165, 1.54) is 23.1 Å². The van der Waals surface area contributed by atoms with E-state index >= 15 is 4.79 Å². The van der Waals surface area contributed by atoms with Crippen LogP contribution in [0.4, 0.5) is 4.79 Å². The molecule has 2 fully saturated rings. The lowest BCUT2D eigenvalue weighted by Gasteiger charge is -2.45. The Balaban J connectivity index is 1.20. The lowest BCUT2D eigenvalue weighted by Crippen LogP contribution is -2.62. The molecule has 2 aliphatic carbocycles. The number of ether oxygens (including phenoxy) is 1. The van der Waals surface area contributed by atoms with E-state index in [-0.39, 0.29) is 24.1 Å². The van der Waals surface area contributed by atoms with Gasteiger partial charge in [-0.1, -0.05) is 54.4 Å². The molecule has 2 aromatic heterocycles. The molecule has 1 saturated carbocycles. The Kier molecular flexibility index (Phi) is 11.9. The smallest absolute Gasteiger partial charge is 0.410 e. The zero-order valence-corrected chi connectivity index (χ0v) is 32.3. The maximum absolute atomic E-state index is 15.0. The highest BCUT2D eigenvalue weighted by atomic mass is 79.9. The zero-order chi connectivity index (χ0) is 36.0. The molecule has 7 rings (SSSR count). The minimum absolute atomic E-state index is 0.0445. The van der Waals surface area contributed by atoms with Crippen molar-refractivity contribution in [1.29, 1.82) is 0 Å². The van der Waals surface area contributed by atoms with E-state index in [0.29, 0.717) is 37.7 Å².